The Kier molecular flexibility index (Phi) is 7.24. The monoisotopic (exact) mass is 611 g/mol. The SMILES string of the molecule is CC1(C)C(Oc2ccc(C#N)c(Cl)c2)C(C)(C)C1N1Cc2nc(C#CC3CCC(N4CCC5(CNC5)C4)CC3)ccc2C1=O. The molecular weight excluding hydrogens is 570 g/mol. The summed E-state index contributed by atoms with van der Waals surface area (Å²) in [6, 6.07) is 11.8. The molecule has 2 saturated heterocycles. The molecule has 0 atom stereocenters. The van der Waals surface area contributed by atoms with Crippen molar-refractivity contribution < 1.29 is 9.53 Å². The van der Waals surface area contributed by atoms with E-state index in [1.807, 2.05) is 17.0 Å². The number of rotatable bonds is 4. The van der Waals surface area contributed by atoms with Crippen molar-refractivity contribution in [1.29, 1.82) is 5.26 Å². The molecule has 5 aliphatic rings. The number of pyridine rings is 1. The van der Waals surface area contributed by atoms with E-state index in [2.05, 4.69) is 55.8 Å². The first-order chi connectivity index (χ1) is 21.0. The first-order valence-electron chi connectivity index (χ1n) is 16.1. The van der Waals surface area contributed by atoms with E-state index < -0.39 is 0 Å². The predicted molar refractivity (Wildman–Crippen MR) is 170 cm³/mol. The second-order valence-corrected chi connectivity index (χ2v) is 15.4. The van der Waals surface area contributed by atoms with Crippen LogP contribution in [0.2, 0.25) is 5.02 Å². The summed E-state index contributed by atoms with van der Waals surface area (Å²) in [5.41, 5.74) is 2.61. The quantitative estimate of drug-likeness (QED) is 0.450. The lowest BCUT2D eigenvalue weighted by atomic mass is 9.49. The zero-order chi connectivity index (χ0) is 30.9. The normalized spacial score (nSPS) is 29.6. The molecule has 4 heterocycles. The van der Waals surface area contributed by atoms with E-state index in [0.717, 1.165) is 30.3 Å². The Bertz CT molecular complexity index is 1570. The third kappa shape index (κ3) is 4.89. The summed E-state index contributed by atoms with van der Waals surface area (Å²) < 4.78 is 6.45. The number of likely N-dealkylation sites (tertiary alicyclic amines) is 1. The number of nitrogens with zero attached hydrogens (tertiary/aromatic N) is 4. The molecule has 0 radical (unpaired) electrons. The predicted octanol–water partition coefficient (Wildman–Crippen LogP) is 5.65. The molecule has 0 unspecified atom stereocenters. The van der Waals surface area contributed by atoms with Gasteiger partial charge in [-0.05, 0) is 68.8 Å². The van der Waals surface area contributed by atoms with Crippen LogP contribution < -0.4 is 10.1 Å². The van der Waals surface area contributed by atoms with Gasteiger partial charge in [0.05, 0.1) is 28.4 Å². The van der Waals surface area contributed by atoms with E-state index in [1.165, 1.54) is 45.4 Å². The second kappa shape index (κ2) is 10.8. The minimum absolute atomic E-state index is 0.0257. The number of nitriles is 1. The van der Waals surface area contributed by atoms with Crippen LogP contribution in [0.3, 0.4) is 0 Å². The molecule has 8 heteroatoms. The number of aromatic nitrogens is 1. The topological polar surface area (TPSA) is 81.5 Å². The summed E-state index contributed by atoms with van der Waals surface area (Å²) in [7, 11) is 0. The van der Waals surface area contributed by atoms with Crippen LogP contribution in [0.15, 0.2) is 30.3 Å². The Morgan fingerprint density at radius 1 is 1.07 bits per heavy atom. The third-order valence-electron chi connectivity index (χ3n) is 11.3. The van der Waals surface area contributed by atoms with Crippen molar-refractivity contribution in [1.82, 2.24) is 20.1 Å². The summed E-state index contributed by atoms with van der Waals surface area (Å²) in [5.74, 6) is 7.96. The molecule has 1 aromatic carbocycles. The van der Waals surface area contributed by atoms with E-state index in [9.17, 15) is 10.1 Å². The molecule has 0 bridgehead atoms. The number of hydrogen-bond donors (Lipinski definition) is 1. The number of carbonyl (C=O) groups is 1. The van der Waals surface area contributed by atoms with Gasteiger partial charge in [-0.1, -0.05) is 45.2 Å². The standard InChI is InChI=1S/C36H42ClN5O2/c1-34(2)32(35(3,4)33(34)44-27-13-8-24(18-38)29(37)17-27)42-19-30-28(31(42)43)14-10-25(40-30)9-5-23-6-11-26(12-7-23)41-16-15-36(22-41)20-39-21-36/h8,10,13-14,17,23,26,32-33,39H,6-7,11-12,15-16,19-22H2,1-4H3. The van der Waals surface area contributed by atoms with Gasteiger partial charge in [-0.15, -0.1) is 0 Å². The van der Waals surface area contributed by atoms with Crippen LogP contribution in [0.5, 0.6) is 5.75 Å². The fraction of sp³-hybridized carbons (Fsp3) is 0.583. The smallest absolute Gasteiger partial charge is 0.256 e. The highest BCUT2D eigenvalue weighted by molar-refractivity contribution is 6.31. The molecule has 7 rings (SSSR count). The molecule has 7 nitrogen and oxygen atoms in total. The first-order valence-corrected chi connectivity index (χ1v) is 16.5. The molecular formula is C36H42ClN5O2. The van der Waals surface area contributed by atoms with Gasteiger partial charge in [0.15, 0.2) is 0 Å². The minimum atomic E-state index is -0.312. The average Bonchev–Trinajstić information content (AvgIpc) is 3.57. The van der Waals surface area contributed by atoms with E-state index in [4.69, 9.17) is 21.3 Å². The van der Waals surface area contributed by atoms with E-state index >= 15 is 0 Å². The van der Waals surface area contributed by atoms with Crippen molar-refractivity contribution >= 4 is 17.5 Å². The molecule has 2 saturated carbocycles. The Balaban J connectivity index is 0.988. The van der Waals surface area contributed by atoms with Crippen molar-refractivity contribution in [2.24, 2.45) is 22.2 Å². The number of carbonyl (C=O) groups excluding carboxylic acids is 1. The van der Waals surface area contributed by atoms with E-state index in [-0.39, 0.29) is 28.9 Å². The van der Waals surface area contributed by atoms with Gasteiger partial charge in [0, 0.05) is 59.9 Å². The van der Waals surface area contributed by atoms with Crippen molar-refractivity contribution in [3.63, 3.8) is 0 Å². The molecule has 44 heavy (non-hydrogen) atoms. The van der Waals surface area contributed by atoms with Crippen LogP contribution in [-0.2, 0) is 6.54 Å². The van der Waals surface area contributed by atoms with E-state index in [1.54, 1.807) is 18.2 Å². The van der Waals surface area contributed by atoms with Crippen LogP contribution in [0.25, 0.3) is 0 Å². The van der Waals surface area contributed by atoms with Crippen LogP contribution in [0, 0.1) is 45.3 Å². The number of ether oxygens (including phenoxy) is 1. The maximum absolute atomic E-state index is 13.7. The van der Waals surface area contributed by atoms with Crippen LogP contribution in [-0.4, -0.2) is 65.1 Å². The molecule has 2 aliphatic carbocycles. The van der Waals surface area contributed by atoms with Crippen LogP contribution >= 0.6 is 11.6 Å². The van der Waals surface area contributed by atoms with Gasteiger partial charge >= 0.3 is 0 Å². The fourth-order valence-corrected chi connectivity index (χ4v) is 9.52. The number of halogens is 1. The summed E-state index contributed by atoms with van der Waals surface area (Å²) in [6.07, 6.45) is 5.98. The summed E-state index contributed by atoms with van der Waals surface area (Å²) in [5, 5.41) is 13.1. The van der Waals surface area contributed by atoms with Crippen molar-refractivity contribution in [3.05, 3.63) is 57.9 Å². The lowest BCUT2D eigenvalue weighted by molar-refractivity contribution is -0.199. The minimum Gasteiger partial charge on any atom is -0.489 e. The number of benzene rings is 1. The molecule has 1 aromatic heterocycles. The Morgan fingerprint density at radius 3 is 2.45 bits per heavy atom. The Labute approximate surface area is 266 Å². The summed E-state index contributed by atoms with van der Waals surface area (Å²) >= 11 is 6.27. The van der Waals surface area contributed by atoms with Crippen LogP contribution in [0.4, 0.5) is 0 Å². The zero-order valence-corrected chi connectivity index (χ0v) is 27.0. The highest BCUT2D eigenvalue weighted by Gasteiger charge is 2.67. The van der Waals surface area contributed by atoms with Gasteiger partial charge in [-0.3, -0.25) is 9.69 Å². The molecule has 1 spiro atoms. The second-order valence-electron chi connectivity index (χ2n) is 15.0. The van der Waals surface area contributed by atoms with Crippen molar-refractivity contribution in [2.45, 2.75) is 84.5 Å². The maximum atomic E-state index is 13.7. The molecule has 4 fully saturated rings. The molecule has 1 amide bonds. The Morgan fingerprint density at radius 2 is 1.82 bits per heavy atom. The molecule has 2 aromatic rings. The molecule has 1 N–H and O–H groups in total. The maximum Gasteiger partial charge on any atom is 0.256 e. The van der Waals surface area contributed by atoms with Crippen molar-refractivity contribution in [3.8, 4) is 23.7 Å². The lowest BCUT2D eigenvalue weighted by Gasteiger charge is -2.65. The highest BCUT2D eigenvalue weighted by atomic mass is 35.5. The Hall–Kier alpha value is -3.10. The van der Waals surface area contributed by atoms with Gasteiger partial charge in [0.25, 0.3) is 5.91 Å². The molecule has 3 aliphatic heterocycles. The van der Waals surface area contributed by atoms with Gasteiger partial charge in [0.2, 0.25) is 0 Å². The number of fused-ring (bicyclic) bond motifs is 1. The summed E-state index contributed by atoms with van der Waals surface area (Å²) in [6.45, 7) is 14.0. The van der Waals surface area contributed by atoms with E-state index in [0.29, 0.717) is 39.8 Å². The number of amides is 1. The van der Waals surface area contributed by atoms with Gasteiger partial charge < -0.3 is 15.0 Å². The number of nitrogens with one attached hydrogen (secondary N) is 1. The first kappa shape index (κ1) is 29.6. The fourth-order valence-electron chi connectivity index (χ4n) is 9.30. The van der Waals surface area contributed by atoms with Crippen molar-refractivity contribution in [2.75, 3.05) is 26.2 Å². The molecule has 230 valence electrons. The van der Waals surface area contributed by atoms with Gasteiger partial charge in [-0.2, -0.15) is 5.26 Å². The van der Waals surface area contributed by atoms with Gasteiger partial charge in [-0.25, -0.2) is 4.98 Å². The average molecular weight is 612 g/mol. The lowest BCUT2D eigenvalue weighted by Crippen LogP contribution is -2.74. The van der Waals surface area contributed by atoms with Gasteiger partial charge in [0.1, 0.15) is 23.6 Å². The number of hydrogen-bond acceptors (Lipinski definition) is 6. The summed E-state index contributed by atoms with van der Waals surface area (Å²) in [4.78, 5) is 23.3. The third-order valence-corrected chi connectivity index (χ3v) is 11.6. The van der Waals surface area contributed by atoms with Crippen LogP contribution in [0.1, 0.15) is 87.1 Å². The largest absolute Gasteiger partial charge is 0.489 e. The highest BCUT2D eigenvalue weighted by Crippen LogP contribution is 2.59. The zero-order valence-electron chi connectivity index (χ0n) is 26.3.